The summed E-state index contributed by atoms with van der Waals surface area (Å²) < 4.78 is 0. The molecule has 0 spiro atoms. The Balaban J connectivity index is 2.39. The van der Waals surface area contributed by atoms with E-state index in [1.807, 2.05) is 6.92 Å². The predicted molar refractivity (Wildman–Crippen MR) is 66.1 cm³/mol. The molecule has 0 amide bonds. The Bertz CT molecular complexity index is 410. The Kier molecular flexibility index (Phi) is 3.46. The van der Waals surface area contributed by atoms with E-state index in [1.165, 1.54) is 5.57 Å². The largest absolute Gasteiger partial charge is 0.481 e. The number of carboxylic acids is 2. The molecule has 0 radical (unpaired) electrons. The first-order valence-electron chi connectivity index (χ1n) is 6.56. The first-order valence-corrected chi connectivity index (χ1v) is 6.56. The van der Waals surface area contributed by atoms with Gasteiger partial charge < -0.3 is 10.2 Å². The van der Waals surface area contributed by atoms with Gasteiger partial charge in [0.25, 0.3) is 0 Å². The van der Waals surface area contributed by atoms with E-state index < -0.39 is 23.8 Å². The van der Waals surface area contributed by atoms with Crippen LogP contribution in [0.2, 0.25) is 0 Å². The molecule has 4 atom stereocenters. The van der Waals surface area contributed by atoms with Gasteiger partial charge in [-0.3, -0.25) is 9.59 Å². The van der Waals surface area contributed by atoms with Crippen LogP contribution in [0.4, 0.5) is 0 Å². The number of rotatable bonds is 2. The molecule has 2 aliphatic rings. The van der Waals surface area contributed by atoms with Crippen molar-refractivity contribution in [3.63, 3.8) is 0 Å². The van der Waals surface area contributed by atoms with Crippen molar-refractivity contribution in [1.82, 2.24) is 0 Å². The molecular weight excluding hydrogens is 232 g/mol. The maximum Gasteiger partial charge on any atom is 0.307 e. The Morgan fingerprint density at radius 3 is 2.44 bits per heavy atom. The normalized spacial score (nSPS) is 36.1. The predicted octanol–water partition coefficient (Wildman–Crippen LogP) is 2.54. The highest BCUT2D eigenvalue weighted by atomic mass is 16.4. The number of aliphatic carboxylic acids is 2. The third kappa shape index (κ3) is 2.16. The number of carboxylic acid groups (broad SMARTS) is 2. The minimum atomic E-state index is -0.973. The van der Waals surface area contributed by atoms with E-state index in [-0.39, 0.29) is 5.92 Å². The summed E-state index contributed by atoms with van der Waals surface area (Å²) in [6.07, 6.45) is 3.24. The van der Waals surface area contributed by atoms with Gasteiger partial charge in [-0.1, -0.05) is 18.1 Å². The molecule has 18 heavy (non-hydrogen) atoms. The van der Waals surface area contributed by atoms with Gasteiger partial charge in [0.15, 0.2) is 0 Å². The van der Waals surface area contributed by atoms with E-state index >= 15 is 0 Å². The lowest BCUT2D eigenvalue weighted by Crippen LogP contribution is -2.41. The molecule has 2 rings (SSSR count). The molecular formula is C14H20O4. The molecule has 0 aliphatic heterocycles. The van der Waals surface area contributed by atoms with Gasteiger partial charge in [-0.15, -0.1) is 0 Å². The Hall–Kier alpha value is -1.32. The van der Waals surface area contributed by atoms with Gasteiger partial charge in [0.1, 0.15) is 0 Å². The van der Waals surface area contributed by atoms with Crippen LogP contribution in [-0.4, -0.2) is 22.2 Å². The minimum absolute atomic E-state index is 0.0684. The highest BCUT2D eigenvalue weighted by molar-refractivity contribution is 5.81. The fourth-order valence-electron chi connectivity index (χ4n) is 3.63. The summed E-state index contributed by atoms with van der Waals surface area (Å²) in [7, 11) is 0. The number of carbonyl (C=O) groups is 2. The van der Waals surface area contributed by atoms with Crippen LogP contribution >= 0.6 is 0 Å². The molecule has 4 heteroatoms. The van der Waals surface area contributed by atoms with E-state index in [9.17, 15) is 19.8 Å². The molecule has 0 saturated heterocycles. The summed E-state index contributed by atoms with van der Waals surface area (Å²) in [5.41, 5.74) is 2.33. The molecule has 0 aromatic heterocycles. The van der Waals surface area contributed by atoms with Gasteiger partial charge in [-0.2, -0.15) is 0 Å². The van der Waals surface area contributed by atoms with Crippen molar-refractivity contribution in [2.75, 3.05) is 0 Å². The zero-order valence-electron chi connectivity index (χ0n) is 10.8. The number of fused-ring (bicyclic) bond motifs is 1. The molecule has 1 saturated carbocycles. The third-order valence-electron chi connectivity index (χ3n) is 4.55. The number of hydrogen-bond acceptors (Lipinski definition) is 2. The van der Waals surface area contributed by atoms with Crippen LogP contribution in [0.1, 0.15) is 39.5 Å². The second-order valence-electron chi connectivity index (χ2n) is 5.80. The van der Waals surface area contributed by atoms with Crippen molar-refractivity contribution in [2.24, 2.45) is 23.7 Å². The van der Waals surface area contributed by atoms with Crippen LogP contribution in [0, 0.1) is 23.7 Å². The van der Waals surface area contributed by atoms with Crippen LogP contribution in [0.25, 0.3) is 0 Å². The van der Waals surface area contributed by atoms with Gasteiger partial charge in [0.2, 0.25) is 0 Å². The van der Waals surface area contributed by atoms with Gasteiger partial charge >= 0.3 is 11.9 Å². The van der Waals surface area contributed by atoms with Gasteiger partial charge in [-0.05, 0) is 44.4 Å². The molecule has 4 unspecified atom stereocenters. The third-order valence-corrected chi connectivity index (χ3v) is 4.55. The molecule has 4 nitrogen and oxygen atoms in total. The first-order chi connectivity index (χ1) is 8.41. The second-order valence-corrected chi connectivity index (χ2v) is 5.80. The second kappa shape index (κ2) is 4.75. The summed E-state index contributed by atoms with van der Waals surface area (Å²) in [6, 6.07) is 0. The fraction of sp³-hybridized carbons (Fsp3) is 0.714. The van der Waals surface area contributed by atoms with Crippen molar-refractivity contribution in [2.45, 2.75) is 39.5 Å². The number of allylic oxidation sites excluding steroid dienone is 2. The van der Waals surface area contributed by atoms with Crippen LogP contribution in [0.15, 0.2) is 11.1 Å². The smallest absolute Gasteiger partial charge is 0.307 e. The van der Waals surface area contributed by atoms with E-state index in [2.05, 4.69) is 6.92 Å². The van der Waals surface area contributed by atoms with E-state index in [0.717, 1.165) is 24.8 Å². The van der Waals surface area contributed by atoms with E-state index in [1.54, 1.807) is 0 Å². The molecule has 100 valence electrons. The van der Waals surface area contributed by atoms with Crippen molar-refractivity contribution >= 4 is 11.9 Å². The molecule has 0 aromatic rings. The van der Waals surface area contributed by atoms with Crippen molar-refractivity contribution in [1.29, 1.82) is 0 Å². The van der Waals surface area contributed by atoms with Gasteiger partial charge in [0, 0.05) is 0 Å². The SMILES string of the molecule is CC1=C2CCC(C)CC2C(C(=O)O)C(C(=O)O)C1. The Morgan fingerprint density at radius 2 is 1.89 bits per heavy atom. The maximum absolute atomic E-state index is 11.5. The summed E-state index contributed by atoms with van der Waals surface area (Å²) in [5.74, 6) is -3.02. The molecule has 0 aromatic carbocycles. The zero-order chi connectivity index (χ0) is 13.4. The monoisotopic (exact) mass is 252 g/mol. The lowest BCUT2D eigenvalue weighted by Gasteiger charge is -2.41. The highest BCUT2D eigenvalue weighted by Crippen LogP contribution is 2.47. The van der Waals surface area contributed by atoms with Crippen LogP contribution < -0.4 is 0 Å². The standard InChI is InChI=1S/C14H20O4/c1-7-3-4-9-8(2)6-11(13(15)16)12(14(17)18)10(9)5-7/h7,10-12H,3-6H2,1-2H3,(H,15,16)(H,17,18). The highest BCUT2D eigenvalue weighted by Gasteiger charge is 2.46. The average Bonchev–Trinajstić information content (AvgIpc) is 2.27. The van der Waals surface area contributed by atoms with E-state index in [0.29, 0.717) is 12.3 Å². The molecule has 2 N–H and O–H groups in total. The van der Waals surface area contributed by atoms with Crippen molar-refractivity contribution in [3.05, 3.63) is 11.1 Å². The van der Waals surface area contributed by atoms with E-state index in [4.69, 9.17) is 0 Å². The Morgan fingerprint density at radius 1 is 1.22 bits per heavy atom. The zero-order valence-corrected chi connectivity index (χ0v) is 10.8. The summed E-state index contributed by atoms with van der Waals surface area (Å²) >= 11 is 0. The lowest BCUT2D eigenvalue weighted by molar-refractivity contribution is -0.156. The first kappa shape index (κ1) is 13.1. The Labute approximate surface area is 107 Å². The molecule has 1 fully saturated rings. The van der Waals surface area contributed by atoms with Crippen LogP contribution in [-0.2, 0) is 9.59 Å². The average molecular weight is 252 g/mol. The molecule has 0 bridgehead atoms. The van der Waals surface area contributed by atoms with Gasteiger partial charge in [0.05, 0.1) is 11.8 Å². The topological polar surface area (TPSA) is 74.6 Å². The molecule has 0 heterocycles. The van der Waals surface area contributed by atoms with Crippen LogP contribution in [0.3, 0.4) is 0 Å². The quantitative estimate of drug-likeness (QED) is 0.741. The lowest BCUT2D eigenvalue weighted by atomic mass is 9.62. The number of hydrogen-bond donors (Lipinski definition) is 2. The summed E-state index contributed by atoms with van der Waals surface area (Å²) in [5, 5.41) is 18.6. The van der Waals surface area contributed by atoms with Crippen molar-refractivity contribution < 1.29 is 19.8 Å². The fourth-order valence-corrected chi connectivity index (χ4v) is 3.63. The van der Waals surface area contributed by atoms with Crippen LogP contribution in [0.5, 0.6) is 0 Å². The van der Waals surface area contributed by atoms with Crippen molar-refractivity contribution in [3.8, 4) is 0 Å². The van der Waals surface area contributed by atoms with Gasteiger partial charge in [-0.25, -0.2) is 0 Å². The minimum Gasteiger partial charge on any atom is -0.481 e. The summed E-state index contributed by atoms with van der Waals surface area (Å²) in [6.45, 7) is 4.09. The molecule has 2 aliphatic carbocycles. The maximum atomic E-state index is 11.5. The summed E-state index contributed by atoms with van der Waals surface area (Å²) in [4.78, 5) is 22.7.